The number of aryl methyl sites for hydroxylation is 1. The van der Waals surface area contributed by atoms with E-state index in [1.165, 1.54) is 5.56 Å². The zero-order valence-electron chi connectivity index (χ0n) is 15.6. The van der Waals surface area contributed by atoms with Gasteiger partial charge in [-0.1, -0.05) is 37.3 Å². The predicted octanol–water partition coefficient (Wildman–Crippen LogP) is 3.48. The molecule has 0 bridgehead atoms. The highest BCUT2D eigenvalue weighted by Crippen LogP contribution is 2.28. The van der Waals surface area contributed by atoms with Crippen molar-refractivity contribution in [2.45, 2.75) is 32.4 Å². The third-order valence-corrected chi connectivity index (χ3v) is 5.00. The summed E-state index contributed by atoms with van der Waals surface area (Å²) in [5.74, 6) is 1.61. The van der Waals surface area contributed by atoms with E-state index in [2.05, 4.69) is 22.0 Å². The number of methoxy groups -OCH3 is 1. The van der Waals surface area contributed by atoms with Crippen molar-refractivity contribution in [3.05, 3.63) is 71.5 Å². The summed E-state index contributed by atoms with van der Waals surface area (Å²) in [6, 6.07) is 18.1. The lowest BCUT2D eigenvalue weighted by Gasteiger charge is -2.27. The Morgan fingerprint density at radius 2 is 1.89 bits per heavy atom. The van der Waals surface area contributed by atoms with E-state index >= 15 is 0 Å². The summed E-state index contributed by atoms with van der Waals surface area (Å²) in [6.45, 7) is 2.74. The van der Waals surface area contributed by atoms with Crippen molar-refractivity contribution < 1.29 is 9.53 Å². The Labute approximate surface area is 159 Å². The van der Waals surface area contributed by atoms with Gasteiger partial charge in [-0.05, 0) is 42.7 Å². The number of imidazole rings is 1. The van der Waals surface area contributed by atoms with Crippen LogP contribution in [-0.2, 0) is 19.4 Å². The van der Waals surface area contributed by atoms with Gasteiger partial charge < -0.3 is 14.6 Å². The highest BCUT2D eigenvalue weighted by atomic mass is 16.5. The normalized spacial score (nSPS) is 15.9. The molecule has 0 saturated heterocycles. The highest BCUT2D eigenvalue weighted by molar-refractivity contribution is 5.95. The van der Waals surface area contributed by atoms with E-state index in [1.54, 1.807) is 7.11 Å². The molecule has 1 N–H and O–H groups in total. The van der Waals surface area contributed by atoms with Crippen molar-refractivity contribution in [3.63, 3.8) is 0 Å². The number of fused-ring (bicyclic) bond motifs is 1. The first-order valence-corrected chi connectivity index (χ1v) is 9.28. The van der Waals surface area contributed by atoms with E-state index in [-0.39, 0.29) is 11.9 Å². The molecule has 2 aromatic carbocycles. The molecule has 0 spiro atoms. The average molecular weight is 361 g/mol. The van der Waals surface area contributed by atoms with Gasteiger partial charge in [0.05, 0.1) is 18.8 Å². The first kappa shape index (κ1) is 17.3. The minimum atomic E-state index is -0.0358. The zero-order valence-corrected chi connectivity index (χ0v) is 15.6. The van der Waals surface area contributed by atoms with Gasteiger partial charge in [-0.3, -0.25) is 4.79 Å². The molecule has 27 heavy (non-hydrogen) atoms. The topological polar surface area (TPSA) is 56.2 Å². The number of benzene rings is 2. The van der Waals surface area contributed by atoms with Gasteiger partial charge in [0.25, 0.3) is 5.91 Å². The molecule has 1 aliphatic heterocycles. The molecule has 4 rings (SSSR count). The van der Waals surface area contributed by atoms with Gasteiger partial charge in [0.15, 0.2) is 0 Å². The largest absolute Gasteiger partial charge is 0.497 e. The number of aromatic nitrogens is 2. The van der Waals surface area contributed by atoms with Crippen LogP contribution in [0.2, 0.25) is 0 Å². The molecule has 0 fully saturated rings. The van der Waals surface area contributed by atoms with Gasteiger partial charge >= 0.3 is 0 Å². The lowest BCUT2D eigenvalue weighted by atomic mass is 10.0. The number of carbonyl (C=O) groups is 1. The second-order valence-corrected chi connectivity index (χ2v) is 6.78. The number of nitrogens with one attached hydrogen (secondary N) is 1. The molecule has 0 aliphatic carbocycles. The van der Waals surface area contributed by atoms with E-state index in [4.69, 9.17) is 9.72 Å². The summed E-state index contributed by atoms with van der Waals surface area (Å²) in [5, 5.41) is 3.16. The van der Waals surface area contributed by atoms with E-state index in [0.717, 1.165) is 35.7 Å². The van der Waals surface area contributed by atoms with Crippen LogP contribution in [0.15, 0.2) is 54.6 Å². The van der Waals surface area contributed by atoms with Gasteiger partial charge in [0.2, 0.25) is 0 Å². The Hall–Kier alpha value is -3.08. The van der Waals surface area contributed by atoms with Crippen molar-refractivity contribution >= 4 is 5.91 Å². The molecule has 0 saturated carbocycles. The minimum absolute atomic E-state index is 0.0358. The van der Waals surface area contributed by atoms with Crippen LogP contribution in [0.1, 0.15) is 28.7 Å². The van der Waals surface area contributed by atoms with E-state index in [9.17, 15) is 4.79 Å². The Kier molecular flexibility index (Phi) is 4.67. The second-order valence-electron chi connectivity index (χ2n) is 6.78. The number of hydrogen-bond donors (Lipinski definition) is 1. The van der Waals surface area contributed by atoms with Gasteiger partial charge in [-0.25, -0.2) is 4.98 Å². The molecule has 5 nitrogen and oxygen atoms in total. The van der Waals surface area contributed by atoms with Crippen LogP contribution < -0.4 is 10.1 Å². The maximum atomic E-state index is 12.8. The third-order valence-electron chi connectivity index (χ3n) is 5.00. The lowest BCUT2D eigenvalue weighted by Crippen LogP contribution is -2.45. The Bertz CT molecular complexity index is 946. The van der Waals surface area contributed by atoms with Gasteiger partial charge in [0, 0.05) is 12.1 Å². The van der Waals surface area contributed by atoms with Gasteiger partial charge in [-0.2, -0.15) is 0 Å². The summed E-state index contributed by atoms with van der Waals surface area (Å²) < 4.78 is 7.33. The fraction of sp³-hybridized carbons (Fsp3) is 0.273. The van der Waals surface area contributed by atoms with Crippen molar-refractivity contribution in [2.24, 2.45) is 0 Å². The Morgan fingerprint density at radius 1 is 1.15 bits per heavy atom. The van der Waals surface area contributed by atoms with Crippen LogP contribution in [0, 0.1) is 0 Å². The summed E-state index contributed by atoms with van der Waals surface area (Å²) in [5.41, 5.74) is 3.74. The number of ether oxygens (including phenoxy) is 1. The summed E-state index contributed by atoms with van der Waals surface area (Å²) in [4.78, 5) is 17.6. The molecule has 1 amide bonds. The standard InChI is InChI=1S/C22H23N3O2/c1-3-19-20-22(26)23-17(13-15-7-5-4-6-8-15)14-25(20)21(24-19)16-9-11-18(27-2)12-10-16/h4-12,17H,3,13-14H2,1-2H3,(H,23,26)/t17-/m0/s1. The van der Waals surface area contributed by atoms with Crippen molar-refractivity contribution in [3.8, 4) is 17.1 Å². The van der Waals surface area contributed by atoms with Crippen LogP contribution in [0.3, 0.4) is 0 Å². The quantitative estimate of drug-likeness (QED) is 0.757. The number of amides is 1. The lowest BCUT2D eigenvalue weighted by molar-refractivity contribution is 0.0900. The molecule has 3 aromatic rings. The monoisotopic (exact) mass is 361 g/mol. The third kappa shape index (κ3) is 3.33. The molecular formula is C22H23N3O2. The fourth-order valence-corrected chi connectivity index (χ4v) is 3.68. The smallest absolute Gasteiger partial charge is 0.270 e. The first-order valence-electron chi connectivity index (χ1n) is 9.28. The fourth-order valence-electron chi connectivity index (χ4n) is 3.68. The van der Waals surface area contributed by atoms with Gasteiger partial charge in [0.1, 0.15) is 17.3 Å². The zero-order chi connectivity index (χ0) is 18.8. The summed E-state index contributed by atoms with van der Waals surface area (Å²) in [6.07, 6.45) is 1.52. The number of hydrogen-bond acceptors (Lipinski definition) is 3. The molecule has 138 valence electrons. The molecule has 5 heteroatoms. The molecule has 1 atom stereocenters. The van der Waals surface area contributed by atoms with Crippen LogP contribution in [0.5, 0.6) is 5.75 Å². The van der Waals surface area contributed by atoms with Crippen LogP contribution >= 0.6 is 0 Å². The number of rotatable bonds is 5. The van der Waals surface area contributed by atoms with Crippen molar-refractivity contribution in [1.29, 1.82) is 0 Å². The summed E-state index contributed by atoms with van der Waals surface area (Å²) >= 11 is 0. The van der Waals surface area contributed by atoms with E-state index in [1.807, 2.05) is 49.4 Å². The SMILES string of the molecule is CCc1nc(-c2ccc(OC)cc2)n2c1C(=O)N[C@@H](Cc1ccccc1)C2. The number of carbonyl (C=O) groups excluding carboxylic acids is 1. The maximum absolute atomic E-state index is 12.8. The Balaban J connectivity index is 1.70. The molecule has 2 heterocycles. The molecule has 1 aromatic heterocycles. The van der Waals surface area contributed by atoms with Gasteiger partial charge in [-0.15, -0.1) is 0 Å². The average Bonchev–Trinajstić information content (AvgIpc) is 3.08. The van der Waals surface area contributed by atoms with Crippen molar-refractivity contribution in [1.82, 2.24) is 14.9 Å². The van der Waals surface area contributed by atoms with E-state index < -0.39 is 0 Å². The number of nitrogens with zero attached hydrogens (tertiary/aromatic N) is 2. The van der Waals surface area contributed by atoms with E-state index in [0.29, 0.717) is 12.2 Å². The minimum Gasteiger partial charge on any atom is -0.497 e. The van der Waals surface area contributed by atoms with Crippen LogP contribution in [0.25, 0.3) is 11.4 Å². The molecule has 1 aliphatic rings. The van der Waals surface area contributed by atoms with Crippen LogP contribution in [0.4, 0.5) is 0 Å². The highest BCUT2D eigenvalue weighted by Gasteiger charge is 2.30. The molecule has 0 radical (unpaired) electrons. The first-order chi connectivity index (χ1) is 13.2. The summed E-state index contributed by atoms with van der Waals surface area (Å²) in [7, 11) is 1.65. The molecule has 0 unspecified atom stereocenters. The van der Waals surface area contributed by atoms with Crippen molar-refractivity contribution in [2.75, 3.05) is 7.11 Å². The second kappa shape index (κ2) is 7.27. The maximum Gasteiger partial charge on any atom is 0.270 e. The molecular weight excluding hydrogens is 338 g/mol. The Morgan fingerprint density at radius 3 is 2.56 bits per heavy atom. The predicted molar refractivity (Wildman–Crippen MR) is 105 cm³/mol. The van der Waals surface area contributed by atoms with Crippen LogP contribution in [-0.4, -0.2) is 28.6 Å².